The van der Waals surface area contributed by atoms with Gasteiger partial charge < -0.3 is 24.3 Å². The Bertz CT molecular complexity index is 1410. The van der Waals surface area contributed by atoms with Crippen LogP contribution in [0.1, 0.15) is 47.3 Å². The number of nitrogens with zero attached hydrogens (tertiary/aromatic N) is 4. The fourth-order valence-electron chi connectivity index (χ4n) is 6.23. The normalized spacial score (nSPS) is 18.4. The molecule has 5 rings (SSSR count). The first-order valence-electron chi connectivity index (χ1n) is 14.3. The number of piperidine rings is 2. The number of amides is 2. The van der Waals surface area contributed by atoms with Crippen molar-refractivity contribution in [1.29, 1.82) is 0 Å². The zero-order chi connectivity index (χ0) is 30.8. The Morgan fingerprint density at radius 2 is 1.63 bits per heavy atom. The molecule has 3 aromatic rings. The van der Waals surface area contributed by atoms with E-state index < -0.39 is 23.2 Å². The maximum atomic E-state index is 14.0. The number of hydrogen-bond acceptors (Lipinski definition) is 6. The number of hydrogen-bond donors (Lipinski definition) is 1. The molecule has 2 saturated heterocycles. The molecule has 1 aromatic heterocycles. The van der Waals surface area contributed by atoms with E-state index in [-0.39, 0.29) is 24.9 Å². The van der Waals surface area contributed by atoms with E-state index in [1.165, 1.54) is 29.4 Å². The molecule has 2 amide bonds. The molecule has 1 unspecified atom stereocenters. The quantitative estimate of drug-likeness (QED) is 0.376. The number of benzene rings is 2. The first-order chi connectivity index (χ1) is 20.5. The number of aromatic nitrogens is 1. The third-order valence-electron chi connectivity index (χ3n) is 8.73. The second-order valence-electron chi connectivity index (χ2n) is 11.3. The van der Waals surface area contributed by atoms with Crippen molar-refractivity contribution in [2.45, 2.75) is 44.0 Å². The molecule has 0 radical (unpaired) electrons. The van der Waals surface area contributed by atoms with Crippen LogP contribution in [0.4, 0.5) is 18.9 Å². The molecule has 3 heterocycles. The summed E-state index contributed by atoms with van der Waals surface area (Å²) >= 11 is 6.53. The Morgan fingerprint density at radius 1 is 1.00 bits per heavy atom. The summed E-state index contributed by atoms with van der Waals surface area (Å²) < 4.78 is 46.8. The largest absolute Gasteiger partial charge is 0.430 e. The first kappa shape index (κ1) is 30.9. The predicted octanol–water partition coefficient (Wildman–Crippen LogP) is 5.51. The van der Waals surface area contributed by atoms with Gasteiger partial charge in [0, 0.05) is 50.5 Å². The highest BCUT2D eigenvalue weighted by Crippen LogP contribution is 2.42. The Balaban J connectivity index is 1.15. The lowest BCUT2D eigenvalue weighted by molar-refractivity contribution is -0.262. The summed E-state index contributed by atoms with van der Waals surface area (Å²) in [6.07, 6.45) is -0.723. The molecule has 0 saturated carbocycles. The average Bonchev–Trinajstić information content (AvgIpc) is 3.53. The molecule has 230 valence electrons. The number of likely N-dealkylation sites (tertiary alicyclic amines) is 1. The van der Waals surface area contributed by atoms with Crippen LogP contribution >= 0.6 is 11.6 Å². The zero-order valence-electron chi connectivity index (χ0n) is 23.8. The van der Waals surface area contributed by atoms with Gasteiger partial charge in [-0.05, 0) is 55.7 Å². The summed E-state index contributed by atoms with van der Waals surface area (Å²) in [5, 5.41) is 14.9. The molecule has 0 bridgehead atoms. The average molecular weight is 619 g/mol. The summed E-state index contributed by atoms with van der Waals surface area (Å²) in [6.45, 7) is 2.20. The fraction of sp³-hybridized carbons (Fsp3) is 0.452. The highest BCUT2D eigenvalue weighted by atomic mass is 35.5. The molecule has 0 spiro atoms. The van der Waals surface area contributed by atoms with E-state index in [0.29, 0.717) is 41.6 Å². The van der Waals surface area contributed by atoms with Crippen LogP contribution in [0.15, 0.2) is 65.4 Å². The van der Waals surface area contributed by atoms with Crippen LogP contribution in [0.2, 0.25) is 5.02 Å². The van der Waals surface area contributed by atoms with Crippen LogP contribution in [0.3, 0.4) is 0 Å². The summed E-state index contributed by atoms with van der Waals surface area (Å²) in [4.78, 5) is 30.9. The molecule has 12 heteroatoms. The zero-order valence-corrected chi connectivity index (χ0v) is 24.5. The highest BCUT2D eigenvalue weighted by molar-refractivity contribution is 6.34. The van der Waals surface area contributed by atoms with Crippen LogP contribution < -0.4 is 4.90 Å². The maximum Gasteiger partial charge on any atom is 0.430 e. The lowest BCUT2D eigenvalue weighted by atomic mass is 9.78. The van der Waals surface area contributed by atoms with E-state index in [0.717, 1.165) is 48.7 Å². The van der Waals surface area contributed by atoms with Gasteiger partial charge in [-0.25, -0.2) is 0 Å². The van der Waals surface area contributed by atoms with Crippen molar-refractivity contribution in [2.24, 2.45) is 11.8 Å². The Kier molecular flexibility index (Phi) is 9.03. The van der Waals surface area contributed by atoms with E-state index in [9.17, 15) is 27.9 Å². The second kappa shape index (κ2) is 12.6. The minimum absolute atomic E-state index is 0.172. The number of rotatable bonds is 7. The van der Waals surface area contributed by atoms with Gasteiger partial charge in [0.1, 0.15) is 12.0 Å². The van der Waals surface area contributed by atoms with Crippen molar-refractivity contribution in [2.75, 3.05) is 38.1 Å². The van der Waals surface area contributed by atoms with Crippen molar-refractivity contribution in [3.63, 3.8) is 0 Å². The molecule has 2 aromatic carbocycles. The van der Waals surface area contributed by atoms with Gasteiger partial charge in [-0.1, -0.05) is 47.1 Å². The number of anilines is 1. The van der Waals surface area contributed by atoms with E-state index in [2.05, 4.69) is 10.1 Å². The molecule has 0 aliphatic carbocycles. The summed E-state index contributed by atoms with van der Waals surface area (Å²) in [6, 6.07) is 13.7. The third-order valence-corrected chi connectivity index (χ3v) is 9.04. The maximum absolute atomic E-state index is 14.0. The second-order valence-corrected chi connectivity index (χ2v) is 11.8. The van der Waals surface area contributed by atoms with Crippen molar-refractivity contribution in [3.8, 4) is 0 Å². The van der Waals surface area contributed by atoms with Gasteiger partial charge in [0.15, 0.2) is 0 Å². The highest BCUT2D eigenvalue weighted by Gasteiger charge is 2.62. The molecule has 2 aliphatic rings. The standard InChI is InChI=1S/C31H34ClF3N4O4/c1-37(20-24-13-18-43-36-24)28(40)26-8-7-25(19-27(26)32)38-14-9-21(10-15-38)22-11-16-39(17-12-22)29(41)30(42,31(33,34)35)23-5-3-2-4-6-23/h2-8,13,18-19,21-22,42H,9-12,14-17,20H2,1H3. The van der Waals surface area contributed by atoms with Crippen LogP contribution in [0.25, 0.3) is 0 Å². The van der Waals surface area contributed by atoms with Gasteiger partial charge in [0.25, 0.3) is 17.4 Å². The molecular weight excluding hydrogens is 585 g/mol. The molecule has 8 nitrogen and oxygen atoms in total. The monoisotopic (exact) mass is 618 g/mol. The van der Waals surface area contributed by atoms with Crippen molar-refractivity contribution in [3.05, 3.63) is 82.7 Å². The number of carbonyl (C=O) groups is 2. The summed E-state index contributed by atoms with van der Waals surface area (Å²) in [7, 11) is 1.67. The van der Waals surface area contributed by atoms with Gasteiger partial charge in [-0.2, -0.15) is 13.2 Å². The number of halogens is 4. The Hall–Kier alpha value is -3.57. The molecule has 2 fully saturated rings. The third kappa shape index (κ3) is 6.38. The Labute approximate surface area is 253 Å². The molecule has 1 N–H and O–H groups in total. The smallest absolute Gasteiger partial charge is 0.371 e. The van der Waals surface area contributed by atoms with Crippen LogP contribution in [0, 0.1) is 11.8 Å². The minimum Gasteiger partial charge on any atom is -0.371 e. The van der Waals surface area contributed by atoms with E-state index in [1.54, 1.807) is 25.2 Å². The lowest BCUT2D eigenvalue weighted by Crippen LogP contribution is -2.57. The van der Waals surface area contributed by atoms with E-state index in [1.807, 2.05) is 6.07 Å². The Morgan fingerprint density at radius 3 is 2.19 bits per heavy atom. The number of alkyl halides is 3. The van der Waals surface area contributed by atoms with Gasteiger partial charge in [0.05, 0.1) is 17.1 Å². The summed E-state index contributed by atoms with van der Waals surface area (Å²) in [5.74, 6) is -0.875. The fourth-order valence-corrected chi connectivity index (χ4v) is 6.49. The van der Waals surface area contributed by atoms with Crippen LogP contribution in [0.5, 0.6) is 0 Å². The predicted molar refractivity (Wildman–Crippen MR) is 154 cm³/mol. The minimum atomic E-state index is -5.14. The topological polar surface area (TPSA) is 90.1 Å². The van der Waals surface area contributed by atoms with Gasteiger partial charge >= 0.3 is 6.18 Å². The molecule has 43 heavy (non-hydrogen) atoms. The van der Waals surface area contributed by atoms with Crippen molar-refractivity contribution in [1.82, 2.24) is 15.0 Å². The first-order valence-corrected chi connectivity index (χ1v) is 14.7. The SMILES string of the molecule is CN(Cc1ccon1)C(=O)c1ccc(N2CCC(C3CCN(C(=O)C(O)(c4ccccc4)C(F)(F)F)CC3)CC2)cc1Cl. The molecule has 2 aliphatic heterocycles. The van der Waals surface area contributed by atoms with Crippen LogP contribution in [-0.4, -0.2) is 71.3 Å². The van der Waals surface area contributed by atoms with E-state index in [4.69, 9.17) is 16.1 Å². The van der Waals surface area contributed by atoms with Crippen molar-refractivity contribution >= 4 is 29.1 Å². The lowest BCUT2D eigenvalue weighted by Gasteiger charge is -2.42. The molecule has 1 atom stereocenters. The van der Waals surface area contributed by atoms with Crippen molar-refractivity contribution < 1.29 is 32.4 Å². The van der Waals surface area contributed by atoms with Gasteiger partial charge in [-0.3, -0.25) is 9.59 Å². The summed E-state index contributed by atoms with van der Waals surface area (Å²) in [5.41, 5.74) is -2.08. The van der Waals surface area contributed by atoms with E-state index >= 15 is 0 Å². The van der Waals surface area contributed by atoms with Gasteiger partial charge in [0.2, 0.25) is 0 Å². The van der Waals surface area contributed by atoms with Gasteiger partial charge in [-0.15, -0.1) is 0 Å². The number of aliphatic hydroxyl groups is 1. The van der Waals surface area contributed by atoms with Crippen LogP contribution in [-0.2, 0) is 16.9 Å². The number of carbonyl (C=O) groups excluding carboxylic acids is 2. The molecular formula is C31H34ClF3N4O4.